The molecule has 2 rings (SSSR count). The highest BCUT2D eigenvalue weighted by molar-refractivity contribution is 5.91. The van der Waals surface area contributed by atoms with Gasteiger partial charge < -0.3 is 14.8 Å². The van der Waals surface area contributed by atoms with E-state index in [1.807, 2.05) is 0 Å². The molecule has 0 saturated heterocycles. The lowest BCUT2D eigenvalue weighted by molar-refractivity contribution is -0.274. The number of amides is 1. The molecule has 0 atom stereocenters. The Kier molecular flexibility index (Phi) is 6.50. The summed E-state index contributed by atoms with van der Waals surface area (Å²) < 4.78 is 46.5. The summed E-state index contributed by atoms with van der Waals surface area (Å²) in [6, 6.07) is 12.4. The SMILES string of the molecule is C#CCOc1cccc(NC(=O)CCc2ccccc2OC(F)(F)F)c1. The minimum absolute atomic E-state index is 0.00628. The van der Waals surface area contributed by atoms with Crippen LogP contribution >= 0.6 is 0 Å². The van der Waals surface area contributed by atoms with E-state index in [0.29, 0.717) is 17.0 Å². The third-order valence-corrected chi connectivity index (χ3v) is 3.26. The second-order valence-corrected chi connectivity index (χ2v) is 5.22. The first kappa shape index (κ1) is 19.2. The first-order valence-corrected chi connectivity index (χ1v) is 7.67. The van der Waals surface area contributed by atoms with Crippen molar-refractivity contribution in [3.63, 3.8) is 0 Å². The highest BCUT2D eigenvalue weighted by Gasteiger charge is 2.31. The van der Waals surface area contributed by atoms with E-state index >= 15 is 0 Å². The number of carbonyl (C=O) groups is 1. The molecular formula is C19H16F3NO3. The molecule has 0 aromatic heterocycles. The van der Waals surface area contributed by atoms with E-state index in [-0.39, 0.29) is 31.1 Å². The van der Waals surface area contributed by atoms with Crippen molar-refractivity contribution in [2.75, 3.05) is 11.9 Å². The third-order valence-electron chi connectivity index (χ3n) is 3.26. The number of rotatable bonds is 7. The minimum atomic E-state index is -4.78. The zero-order chi connectivity index (χ0) is 19.0. The van der Waals surface area contributed by atoms with E-state index in [0.717, 1.165) is 0 Å². The van der Waals surface area contributed by atoms with Crippen molar-refractivity contribution in [3.8, 4) is 23.8 Å². The van der Waals surface area contributed by atoms with Gasteiger partial charge in [-0.1, -0.05) is 30.2 Å². The molecule has 1 amide bonds. The second kappa shape index (κ2) is 8.81. The van der Waals surface area contributed by atoms with Crippen molar-refractivity contribution < 1.29 is 27.4 Å². The molecule has 0 aliphatic carbocycles. The fraction of sp³-hybridized carbons (Fsp3) is 0.211. The number of ether oxygens (including phenoxy) is 2. The van der Waals surface area contributed by atoms with Crippen molar-refractivity contribution in [2.24, 2.45) is 0 Å². The van der Waals surface area contributed by atoms with Gasteiger partial charge in [0, 0.05) is 18.2 Å². The van der Waals surface area contributed by atoms with Crippen LogP contribution in [-0.2, 0) is 11.2 Å². The van der Waals surface area contributed by atoms with Gasteiger partial charge in [0.1, 0.15) is 18.1 Å². The van der Waals surface area contributed by atoms with Crippen LogP contribution in [-0.4, -0.2) is 18.9 Å². The molecule has 0 radical (unpaired) electrons. The van der Waals surface area contributed by atoms with Crippen LogP contribution in [0.2, 0.25) is 0 Å². The van der Waals surface area contributed by atoms with Crippen molar-refractivity contribution in [1.82, 2.24) is 0 Å². The molecule has 2 aromatic rings. The Morgan fingerprint density at radius 2 is 1.92 bits per heavy atom. The number of nitrogens with one attached hydrogen (secondary N) is 1. The Hall–Kier alpha value is -3.14. The minimum Gasteiger partial charge on any atom is -0.481 e. The second-order valence-electron chi connectivity index (χ2n) is 5.22. The smallest absolute Gasteiger partial charge is 0.481 e. The first-order valence-electron chi connectivity index (χ1n) is 7.67. The highest BCUT2D eigenvalue weighted by Crippen LogP contribution is 2.27. The monoisotopic (exact) mass is 363 g/mol. The normalized spacial score (nSPS) is 10.7. The highest BCUT2D eigenvalue weighted by atomic mass is 19.4. The predicted octanol–water partition coefficient (Wildman–Crippen LogP) is 4.17. The number of anilines is 1. The van der Waals surface area contributed by atoms with Crippen molar-refractivity contribution >= 4 is 11.6 Å². The quantitative estimate of drug-likeness (QED) is 0.751. The standard InChI is InChI=1S/C19H16F3NO3/c1-2-12-25-16-8-5-7-15(13-16)23-18(24)11-10-14-6-3-4-9-17(14)26-19(20,21)22/h1,3-9,13H,10-12H2,(H,23,24). The molecule has 2 aromatic carbocycles. The molecule has 0 saturated carbocycles. The molecule has 0 heterocycles. The van der Waals surface area contributed by atoms with Gasteiger partial charge in [0.05, 0.1) is 0 Å². The Labute approximate surface area is 148 Å². The maximum atomic E-state index is 12.4. The van der Waals surface area contributed by atoms with E-state index in [1.54, 1.807) is 30.3 Å². The van der Waals surface area contributed by atoms with E-state index in [9.17, 15) is 18.0 Å². The molecule has 4 nitrogen and oxygen atoms in total. The summed E-state index contributed by atoms with van der Waals surface area (Å²) in [5, 5.41) is 2.66. The van der Waals surface area contributed by atoms with Gasteiger partial charge in [-0.05, 0) is 30.2 Å². The number of halogens is 3. The number of hydrogen-bond donors (Lipinski definition) is 1. The van der Waals surface area contributed by atoms with Crippen LogP contribution in [0.15, 0.2) is 48.5 Å². The zero-order valence-electron chi connectivity index (χ0n) is 13.7. The van der Waals surface area contributed by atoms with Crippen LogP contribution in [0.25, 0.3) is 0 Å². The van der Waals surface area contributed by atoms with Crippen molar-refractivity contribution in [3.05, 3.63) is 54.1 Å². The van der Waals surface area contributed by atoms with E-state index < -0.39 is 6.36 Å². The van der Waals surface area contributed by atoms with Gasteiger partial charge in [0.25, 0.3) is 0 Å². The predicted molar refractivity (Wildman–Crippen MR) is 90.8 cm³/mol. The van der Waals surface area contributed by atoms with Crippen molar-refractivity contribution in [2.45, 2.75) is 19.2 Å². The molecule has 0 bridgehead atoms. The number of benzene rings is 2. The summed E-state index contributed by atoms with van der Waals surface area (Å²) in [6.07, 6.45) is 0.431. The Bertz CT molecular complexity index is 797. The molecule has 0 aliphatic heterocycles. The van der Waals surface area contributed by atoms with Gasteiger partial charge in [-0.15, -0.1) is 19.6 Å². The number of alkyl halides is 3. The number of terminal acetylenes is 1. The Morgan fingerprint density at radius 1 is 1.15 bits per heavy atom. The molecule has 0 fully saturated rings. The molecule has 0 spiro atoms. The lowest BCUT2D eigenvalue weighted by Crippen LogP contribution is -2.18. The van der Waals surface area contributed by atoms with Crippen LogP contribution in [0.5, 0.6) is 11.5 Å². The Balaban J connectivity index is 1.95. The van der Waals surface area contributed by atoms with Crippen LogP contribution in [0.4, 0.5) is 18.9 Å². The fourth-order valence-electron chi connectivity index (χ4n) is 2.19. The van der Waals surface area contributed by atoms with Gasteiger partial charge in [-0.2, -0.15) is 0 Å². The van der Waals surface area contributed by atoms with Crippen LogP contribution in [0.3, 0.4) is 0 Å². The topological polar surface area (TPSA) is 47.6 Å². The average molecular weight is 363 g/mol. The van der Waals surface area contributed by atoms with Crippen LogP contribution in [0.1, 0.15) is 12.0 Å². The molecular weight excluding hydrogens is 347 g/mol. The summed E-state index contributed by atoms with van der Waals surface area (Å²) >= 11 is 0. The molecule has 7 heteroatoms. The maximum absolute atomic E-state index is 12.4. The Morgan fingerprint density at radius 3 is 2.65 bits per heavy atom. The molecule has 0 aliphatic rings. The molecule has 0 unspecified atom stereocenters. The van der Waals surface area contributed by atoms with E-state index in [1.165, 1.54) is 18.2 Å². The third kappa shape index (κ3) is 6.40. The average Bonchev–Trinajstić information content (AvgIpc) is 2.58. The summed E-state index contributed by atoms with van der Waals surface area (Å²) in [5.41, 5.74) is 0.801. The van der Waals surface area contributed by atoms with Gasteiger partial charge in [0.2, 0.25) is 5.91 Å². The molecule has 26 heavy (non-hydrogen) atoms. The summed E-state index contributed by atoms with van der Waals surface area (Å²) in [7, 11) is 0. The summed E-state index contributed by atoms with van der Waals surface area (Å²) in [6.45, 7) is 0.105. The zero-order valence-corrected chi connectivity index (χ0v) is 13.7. The van der Waals surface area contributed by atoms with Crippen molar-refractivity contribution in [1.29, 1.82) is 0 Å². The van der Waals surface area contributed by atoms with Gasteiger partial charge >= 0.3 is 6.36 Å². The summed E-state index contributed by atoms with van der Waals surface area (Å²) in [5.74, 6) is 2.18. The van der Waals surface area contributed by atoms with Crippen LogP contribution in [0, 0.1) is 12.3 Å². The largest absolute Gasteiger partial charge is 0.573 e. The van der Waals surface area contributed by atoms with Gasteiger partial charge in [0.15, 0.2) is 0 Å². The van der Waals surface area contributed by atoms with Gasteiger partial charge in [-0.25, -0.2) is 0 Å². The molecule has 136 valence electrons. The number of carbonyl (C=O) groups excluding carboxylic acids is 1. The van der Waals surface area contributed by atoms with E-state index in [4.69, 9.17) is 11.2 Å². The van der Waals surface area contributed by atoms with Gasteiger partial charge in [-0.3, -0.25) is 4.79 Å². The number of para-hydroxylation sites is 1. The fourth-order valence-corrected chi connectivity index (χ4v) is 2.19. The molecule has 1 N–H and O–H groups in total. The first-order chi connectivity index (χ1) is 12.4. The lowest BCUT2D eigenvalue weighted by Gasteiger charge is -2.13. The summed E-state index contributed by atoms with van der Waals surface area (Å²) in [4.78, 5) is 12.1. The number of hydrogen-bond acceptors (Lipinski definition) is 3. The number of aryl methyl sites for hydroxylation is 1. The van der Waals surface area contributed by atoms with Crippen LogP contribution < -0.4 is 14.8 Å². The lowest BCUT2D eigenvalue weighted by atomic mass is 10.1. The van der Waals surface area contributed by atoms with E-state index in [2.05, 4.69) is 16.0 Å². The maximum Gasteiger partial charge on any atom is 0.573 e.